The molecular weight excluding hydrogens is 264 g/mol. The zero-order chi connectivity index (χ0) is 15.2. The third-order valence-corrected chi connectivity index (χ3v) is 2.94. The minimum absolute atomic E-state index is 0.642. The van der Waals surface area contributed by atoms with Crippen LogP contribution in [-0.2, 0) is 4.74 Å². The Morgan fingerprint density at radius 2 is 1.62 bits per heavy atom. The van der Waals surface area contributed by atoms with Crippen molar-refractivity contribution in [1.82, 2.24) is 9.97 Å². The molecule has 2 aromatic rings. The Labute approximate surface area is 125 Å². The molecule has 5 nitrogen and oxygen atoms in total. The lowest BCUT2D eigenvalue weighted by Crippen LogP contribution is -2.10. The molecule has 0 atom stereocenters. The van der Waals surface area contributed by atoms with Gasteiger partial charge in [0.2, 0.25) is 0 Å². The minimum Gasteiger partial charge on any atom is -0.383 e. The number of methoxy groups -OCH3 is 1. The van der Waals surface area contributed by atoms with E-state index in [1.807, 2.05) is 13.0 Å². The van der Waals surface area contributed by atoms with E-state index in [9.17, 15) is 0 Å². The molecule has 0 radical (unpaired) electrons. The highest BCUT2D eigenvalue weighted by atomic mass is 16.5. The lowest BCUT2D eigenvalue weighted by Gasteiger charge is -2.11. The molecule has 0 saturated carbocycles. The summed E-state index contributed by atoms with van der Waals surface area (Å²) in [6.07, 6.45) is 0. The van der Waals surface area contributed by atoms with Gasteiger partial charge in [-0.2, -0.15) is 0 Å². The zero-order valence-corrected chi connectivity index (χ0v) is 13.0. The minimum atomic E-state index is 0.642. The van der Waals surface area contributed by atoms with Crippen molar-refractivity contribution in [3.05, 3.63) is 41.2 Å². The van der Waals surface area contributed by atoms with Crippen LogP contribution < -0.4 is 10.6 Å². The fourth-order valence-electron chi connectivity index (χ4n) is 2.20. The van der Waals surface area contributed by atoms with Crippen LogP contribution in [0.1, 0.15) is 17.0 Å². The maximum Gasteiger partial charge on any atom is 0.136 e. The van der Waals surface area contributed by atoms with Gasteiger partial charge in [0.25, 0.3) is 0 Å². The van der Waals surface area contributed by atoms with Crippen molar-refractivity contribution in [1.29, 1.82) is 0 Å². The van der Waals surface area contributed by atoms with Crippen molar-refractivity contribution in [3.8, 4) is 0 Å². The number of nitrogens with one attached hydrogen (secondary N) is 2. The topological polar surface area (TPSA) is 59.1 Å². The van der Waals surface area contributed by atoms with Crippen molar-refractivity contribution in [2.45, 2.75) is 20.8 Å². The highest BCUT2D eigenvalue weighted by Crippen LogP contribution is 2.20. The van der Waals surface area contributed by atoms with E-state index < -0.39 is 0 Å². The molecule has 0 aliphatic rings. The lowest BCUT2D eigenvalue weighted by molar-refractivity contribution is 0.210. The molecule has 0 saturated heterocycles. The van der Waals surface area contributed by atoms with Crippen LogP contribution in [0.4, 0.5) is 17.3 Å². The standard InChI is InChI=1S/C16H22N4O/c1-11-7-12(2)9-14(8-11)20-16-10-15(17-5-6-21-4)18-13(3)19-16/h7-10H,5-6H2,1-4H3,(H2,17,18,19,20). The first-order valence-corrected chi connectivity index (χ1v) is 7.00. The van der Waals surface area contributed by atoms with Crippen molar-refractivity contribution in [2.75, 3.05) is 30.9 Å². The normalized spacial score (nSPS) is 10.5. The summed E-state index contributed by atoms with van der Waals surface area (Å²) in [7, 11) is 1.68. The number of aromatic nitrogens is 2. The smallest absolute Gasteiger partial charge is 0.136 e. The van der Waals surface area contributed by atoms with Crippen LogP contribution in [0.2, 0.25) is 0 Å². The summed E-state index contributed by atoms with van der Waals surface area (Å²) in [6, 6.07) is 8.25. The Kier molecular flexibility index (Phi) is 5.11. The number of hydrogen-bond acceptors (Lipinski definition) is 5. The molecule has 0 bridgehead atoms. The van der Waals surface area contributed by atoms with Gasteiger partial charge < -0.3 is 15.4 Å². The first-order chi connectivity index (χ1) is 10.1. The average Bonchev–Trinajstić information content (AvgIpc) is 2.37. The molecule has 1 aromatic heterocycles. The van der Waals surface area contributed by atoms with E-state index in [0.29, 0.717) is 6.61 Å². The Balaban J connectivity index is 2.15. The van der Waals surface area contributed by atoms with Gasteiger partial charge >= 0.3 is 0 Å². The van der Waals surface area contributed by atoms with Crippen LogP contribution in [0.25, 0.3) is 0 Å². The molecule has 0 unspecified atom stereocenters. The molecule has 112 valence electrons. The number of aryl methyl sites for hydroxylation is 3. The first kappa shape index (κ1) is 15.3. The number of nitrogens with zero attached hydrogens (tertiary/aromatic N) is 2. The molecule has 21 heavy (non-hydrogen) atoms. The van der Waals surface area contributed by atoms with E-state index in [1.54, 1.807) is 7.11 Å². The van der Waals surface area contributed by atoms with Gasteiger partial charge in [-0.15, -0.1) is 0 Å². The molecule has 0 aliphatic carbocycles. The van der Waals surface area contributed by atoms with Gasteiger partial charge in [-0.05, 0) is 44.0 Å². The summed E-state index contributed by atoms with van der Waals surface area (Å²) in [6.45, 7) is 7.41. The largest absolute Gasteiger partial charge is 0.383 e. The van der Waals surface area contributed by atoms with Crippen molar-refractivity contribution >= 4 is 17.3 Å². The highest BCUT2D eigenvalue weighted by molar-refractivity contribution is 5.60. The van der Waals surface area contributed by atoms with Gasteiger partial charge in [0.1, 0.15) is 17.5 Å². The molecule has 0 spiro atoms. The second kappa shape index (κ2) is 7.04. The van der Waals surface area contributed by atoms with Gasteiger partial charge in [-0.3, -0.25) is 0 Å². The van der Waals surface area contributed by atoms with Crippen LogP contribution >= 0.6 is 0 Å². The molecule has 2 N–H and O–H groups in total. The zero-order valence-electron chi connectivity index (χ0n) is 13.0. The molecule has 0 fully saturated rings. The van der Waals surface area contributed by atoms with E-state index in [1.165, 1.54) is 11.1 Å². The van der Waals surface area contributed by atoms with E-state index >= 15 is 0 Å². The average molecular weight is 286 g/mol. The molecular formula is C16H22N4O. The summed E-state index contributed by atoms with van der Waals surface area (Å²) in [4.78, 5) is 8.79. The third kappa shape index (κ3) is 4.72. The summed E-state index contributed by atoms with van der Waals surface area (Å²) < 4.78 is 5.02. The van der Waals surface area contributed by atoms with E-state index in [4.69, 9.17) is 4.74 Å². The maximum atomic E-state index is 5.02. The van der Waals surface area contributed by atoms with Crippen LogP contribution in [-0.4, -0.2) is 30.2 Å². The predicted octanol–water partition coefficient (Wildman–Crippen LogP) is 3.20. The number of ether oxygens (including phenoxy) is 1. The molecule has 2 rings (SSSR count). The summed E-state index contributed by atoms with van der Waals surface area (Å²) in [5.41, 5.74) is 3.48. The van der Waals surface area contributed by atoms with Gasteiger partial charge in [-0.25, -0.2) is 9.97 Å². The van der Waals surface area contributed by atoms with Crippen molar-refractivity contribution in [3.63, 3.8) is 0 Å². The number of anilines is 3. The molecule has 5 heteroatoms. The first-order valence-electron chi connectivity index (χ1n) is 7.00. The second-order valence-electron chi connectivity index (χ2n) is 5.11. The lowest BCUT2D eigenvalue weighted by atomic mass is 10.1. The van der Waals surface area contributed by atoms with Crippen LogP contribution in [0.5, 0.6) is 0 Å². The van der Waals surface area contributed by atoms with Crippen molar-refractivity contribution in [2.24, 2.45) is 0 Å². The van der Waals surface area contributed by atoms with Gasteiger partial charge in [0, 0.05) is 25.4 Å². The Hall–Kier alpha value is -2.14. The Morgan fingerprint density at radius 1 is 0.952 bits per heavy atom. The van der Waals surface area contributed by atoms with Crippen molar-refractivity contribution < 1.29 is 4.74 Å². The molecule has 0 aliphatic heterocycles. The van der Waals surface area contributed by atoms with Gasteiger partial charge in [0.05, 0.1) is 6.61 Å². The van der Waals surface area contributed by atoms with E-state index in [2.05, 4.69) is 52.6 Å². The van der Waals surface area contributed by atoms with E-state index in [0.717, 1.165) is 29.7 Å². The predicted molar refractivity (Wildman–Crippen MR) is 86.3 cm³/mol. The van der Waals surface area contributed by atoms with Crippen LogP contribution in [0.3, 0.4) is 0 Å². The molecule has 0 amide bonds. The SMILES string of the molecule is COCCNc1cc(Nc2cc(C)cc(C)c2)nc(C)n1. The van der Waals surface area contributed by atoms with E-state index in [-0.39, 0.29) is 0 Å². The Bertz CT molecular complexity index is 593. The fraction of sp³-hybridized carbons (Fsp3) is 0.375. The Morgan fingerprint density at radius 3 is 2.29 bits per heavy atom. The summed E-state index contributed by atoms with van der Waals surface area (Å²) >= 11 is 0. The van der Waals surface area contributed by atoms with Gasteiger partial charge in [-0.1, -0.05) is 6.07 Å². The number of rotatable bonds is 6. The monoisotopic (exact) mass is 286 g/mol. The van der Waals surface area contributed by atoms with Crippen LogP contribution in [0.15, 0.2) is 24.3 Å². The summed E-state index contributed by atoms with van der Waals surface area (Å²) in [5, 5.41) is 6.55. The van der Waals surface area contributed by atoms with Crippen LogP contribution in [0, 0.1) is 20.8 Å². The third-order valence-electron chi connectivity index (χ3n) is 2.94. The quantitative estimate of drug-likeness (QED) is 0.799. The number of benzene rings is 1. The maximum absolute atomic E-state index is 5.02. The van der Waals surface area contributed by atoms with Gasteiger partial charge in [0.15, 0.2) is 0 Å². The fourth-order valence-corrected chi connectivity index (χ4v) is 2.20. The molecule has 1 heterocycles. The summed E-state index contributed by atoms with van der Waals surface area (Å²) in [5.74, 6) is 2.31. The highest BCUT2D eigenvalue weighted by Gasteiger charge is 2.03. The second-order valence-corrected chi connectivity index (χ2v) is 5.11. The molecule has 1 aromatic carbocycles. The number of hydrogen-bond donors (Lipinski definition) is 2.